The van der Waals surface area contributed by atoms with E-state index < -0.39 is 0 Å². The minimum Gasteiger partial charge on any atom is -0.383 e. The molecule has 21 heavy (non-hydrogen) atoms. The SMILES string of the molecule is CCNC1CCCCCCCCCCC1N(C)CCOC. The first-order chi connectivity index (χ1) is 10.3. The Balaban J connectivity index is 2.60. The lowest BCUT2D eigenvalue weighted by Crippen LogP contribution is -2.49. The molecule has 1 fully saturated rings. The number of nitrogens with one attached hydrogen (secondary N) is 1. The van der Waals surface area contributed by atoms with Gasteiger partial charge in [0, 0.05) is 25.7 Å². The second-order valence-electron chi connectivity index (χ2n) is 6.61. The molecule has 0 radical (unpaired) electrons. The van der Waals surface area contributed by atoms with Gasteiger partial charge in [0.1, 0.15) is 0 Å². The van der Waals surface area contributed by atoms with Gasteiger partial charge in [0.15, 0.2) is 0 Å². The van der Waals surface area contributed by atoms with E-state index in [1.54, 1.807) is 7.11 Å². The summed E-state index contributed by atoms with van der Waals surface area (Å²) in [6.45, 7) is 5.20. The zero-order chi connectivity index (χ0) is 15.3. The van der Waals surface area contributed by atoms with Crippen molar-refractivity contribution in [2.75, 3.05) is 33.9 Å². The maximum atomic E-state index is 5.27. The molecule has 2 atom stereocenters. The Hall–Kier alpha value is -0.120. The molecule has 3 heteroatoms. The van der Waals surface area contributed by atoms with Gasteiger partial charge in [-0.05, 0) is 26.4 Å². The van der Waals surface area contributed by atoms with Crippen LogP contribution in [0.15, 0.2) is 0 Å². The lowest BCUT2D eigenvalue weighted by Gasteiger charge is -2.35. The van der Waals surface area contributed by atoms with Crippen molar-refractivity contribution in [2.45, 2.75) is 83.2 Å². The fraction of sp³-hybridized carbons (Fsp3) is 1.00. The number of methoxy groups -OCH3 is 1. The Labute approximate surface area is 132 Å². The van der Waals surface area contributed by atoms with Gasteiger partial charge in [0.05, 0.1) is 6.61 Å². The number of likely N-dealkylation sites (N-methyl/N-ethyl adjacent to an activating group) is 2. The van der Waals surface area contributed by atoms with Crippen molar-refractivity contribution in [3.63, 3.8) is 0 Å². The highest BCUT2D eigenvalue weighted by Crippen LogP contribution is 2.20. The highest BCUT2D eigenvalue weighted by molar-refractivity contribution is 4.83. The molecule has 1 aliphatic rings. The molecule has 0 amide bonds. The maximum Gasteiger partial charge on any atom is 0.0589 e. The monoisotopic (exact) mass is 298 g/mol. The molecule has 2 unspecified atom stereocenters. The van der Waals surface area contributed by atoms with Gasteiger partial charge in [0.2, 0.25) is 0 Å². The maximum absolute atomic E-state index is 5.27. The summed E-state index contributed by atoms with van der Waals surface area (Å²) in [6.07, 6.45) is 14.0. The zero-order valence-electron chi connectivity index (χ0n) is 14.7. The molecule has 0 aromatic rings. The number of hydrogen-bond donors (Lipinski definition) is 1. The first-order valence-electron chi connectivity index (χ1n) is 9.22. The Morgan fingerprint density at radius 3 is 2.10 bits per heavy atom. The van der Waals surface area contributed by atoms with Gasteiger partial charge in [-0.3, -0.25) is 4.90 Å². The lowest BCUT2D eigenvalue weighted by molar-refractivity contribution is 0.114. The molecule has 3 nitrogen and oxygen atoms in total. The van der Waals surface area contributed by atoms with Crippen LogP contribution in [0.5, 0.6) is 0 Å². The van der Waals surface area contributed by atoms with Crippen molar-refractivity contribution in [2.24, 2.45) is 0 Å². The molecule has 1 N–H and O–H groups in total. The minimum atomic E-state index is 0.649. The second-order valence-corrected chi connectivity index (χ2v) is 6.61. The summed E-state index contributed by atoms with van der Waals surface area (Å²) in [7, 11) is 4.08. The Kier molecular flexibility index (Phi) is 11.2. The van der Waals surface area contributed by atoms with Crippen molar-refractivity contribution in [3.05, 3.63) is 0 Å². The average Bonchev–Trinajstić information content (AvgIpc) is 2.48. The van der Waals surface area contributed by atoms with Crippen molar-refractivity contribution >= 4 is 0 Å². The van der Waals surface area contributed by atoms with Crippen LogP contribution in [0.25, 0.3) is 0 Å². The van der Waals surface area contributed by atoms with Gasteiger partial charge in [0.25, 0.3) is 0 Å². The summed E-state index contributed by atoms with van der Waals surface area (Å²) in [6, 6.07) is 1.32. The summed E-state index contributed by atoms with van der Waals surface area (Å²) < 4.78 is 5.27. The molecule has 0 aliphatic heterocycles. The smallest absolute Gasteiger partial charge is 0.0589 e. The predicted octanol–water partition coefficient (Wildman–Crippen LogP) is 3.83. The molecule has 0 bridgehead atoms. The van der Waals surface area contributed by atoms with E-state index in [4.69, 9.17) is 4.74 Å². The molecular formula is C18H38N2O. The van der Waals surface area contributed by atoms with Crippen molar-refractivity contribution < 1.29 is 4.74 Å². The second kappa shape index (κ2) is 12.4. The fourth-order valence-corrected chi connectivity index (χ4v) is 3.60. The third kappa shape index (κ3) is 8.18. The largest absolute Gasteiger partial charge is 0.383 e. The van der Waals surface area contributed by atoms with E-state index in [0.717, 1.165) is 19.7 Å². The molecule has 0 spiro atoms. The fourth-order valence-electron chi connectivity index (χ4n) is 3.60. The number of rotatable bonds is 6. The number of hydrogen-bond acceptors (Lipinski definition) is 3. The molecule has 1 rings (SSSR count). The Morgan fingerprint density at radius 2 is 1.52 bits per heavy atom. The summed E-state index contributed by atoms with van der Waals surface area (Å²) in [5, 5.41) is 3.76. The van der Waals surface area contributed by atoms with E-state index in [0.29, 0.717) is 12.1 Å². The van der Waals surface area contributed by atoms with Crippen LogP contribution >= 0.6 is 0 Å². The molecule has 0 aromatic heterocycles. The van der Waals surface area contributed by atoms with E-state index in [1.807, 2.05) is 0 Å². The molecule has 126 valence electrons. The van der Waals surface area contributed by atoms with Gasteiger partial charge < -0.3 is 10.1 Å². The van der Waals surface area contributed by atoms with Crippen molar-refractivity contribution in [3.8, 4) is 0 Å². The molecular weight excluding hydrogens is 260 g/mol. The summed E-state index contributed by atoms with van der Waals surface area (Å²) in [5.41, 5.74) is 0. The Morgan fingerprint density at radius 1 is 0.952 bits per heavy atom. The molecule has 0 saturated heterocycles. The van der Waals surface area contributed by atoms with Crippen LogP contribution in [0.4, 0.5) is 0 Å². The molecule has 1 saturated carbocycles. The third-order valence-corrected chi connectivity index (χ3v) is 4.91. The topological polar surface area (TPSA) is 24.5 Å². The van der Waals surface area contributed by atoms with Crippen LogP contribution in [-0.4, -0.2) is 50.8 Å². The van der Waals surface area contributed by atoms with Crippen molar-refractivity contribution in [1.29, 1.82) is 0 Å². The van der Waals surface area contributed by atoms with E-state index >= 15 is 0 Å². The number of nitrogens with zero attached hydrogens (tertiary/aromatic N) is 1. The van der Waals surface area contributed by atoms with E-state index in [2.05, 4.69) is 24.2 Å². The quantitative estimate of drug-likeness (QED) is 0.806. The van der Waals surface area contributed by atoms with Crippen molar-refractivity contribution in [1.82, 2.24) is 10.2 Å². The van der Waals surface area contributed by atoms with Gasteiger partial charge in [-0.15, -0.1) is 0 Å². The van der Waals surface area contributed by atoms with E-state index in [9.17, 15) is 0 Å². The summed E-state index contributed by atoms with van der Waals surface area (Å²) >= 11 is 0. The molecule has 0 aromatic carbocycles. The lowest BCUT2D eigenvalue weighted by atomic mass is 9.93. The zero-order valence-corrected chi connectivity index (χ0v) is 14.7. The first kappa shape index (κ1) is 18.9. The normalized spacial score (nSPS) is 26.3. The highest BCUT2D eigenvalue weighted by atomic mass is 16.5. The standard InChI is InChI=1S/C18H38N2O/c1-4-19-17-13-11-9-7-5-6-8-10-12-14-18(17)20(2)15-16-21-3/h17-19H,4-16H2,1-3H3. The van der Waals surface area contributed by atoms with Crippen LogP contribution in [0.2, 0.25) is 0 Å². The van der Waals surface area contributed by atoms with Gasteiger partial charge >= 0.3 is 0 Å². The first-order valence-corrected chi connectivity index (χ1v) is 9.22. The van der Waals surface area contributed by atoms with Crippen LogP contribution in [-0.2, 0) is 4.74 Å². The van der Waals surface area contributed by atoms with E-state index in [1.165, 1.54) is 64.2 Å². The van der Waals surface area contributed by atoms with Gasteiger partial charge in [-0.2, -0.15) is 0 Å². The van der Waals surface area contributed by atoms with Crippen LogP contribution in [0.1, 0.15) is 71.1 Å². The highest BCUT2D eigenvalue weighted by Gasteiger charge is 2.24. The van der Waals surface area contributed by atoms with Gasteiger partial charge in [-0.25, -0.2) is 0 Å². The minimum absolute atomic E-state index is 0.649. The van der Waals surface area contributed by atoms with Crippen LogP contribution in [0, 0.1) is 0 Å². The van der Waals surface area contributed by atoms with Crippen LogP contribution in [0.3, 0.4) is 0 Å². The summed E-state index contributed by atoms with van der Waals surface area (Å²) in [4.78, 5) is 2.53. The average molecular weight is 299 g/mol. The molecule has 1 aliphatic carbocycles. The van der Waals surface area contributed by atoms with E-state index in [-0.39, 0.29) is 0 Å². The summed E-state index contributed by atoms with van der Waals surface area (Å²) in [5.74, 6) is 0. The predicted molar refractivity (Wildman–Crippen MR) is 91.9 cm³/mol. The Bertz CT molecular complexity index is 235. The molecule has 0 heterocycles. The third-order valence-electron chi connectivity index (χ3n) is 4.91. The number of ether oxygens (including phenoxy) is 1. The van der Waals surface area contributed by atoms with Gasteiger partial charge in [-0.1, -0.05) is 58.3 Å². The van der Waals surface area contributed by atoms with Crippen LogP contribution < -0.4 is 5.32 Å².